The topological polar surface area (TPSA) is 29.1 Å². The number of carbonyl (C=O) groups is 1. The van der Waals surface area contributed by atoms with Gasteiger partial charge in [0, 0.05) is 16.6 Å². The summed E-state index contributed by atoms with van der Waals surface area (Å²) in [5.74, 6) is -0.00581. The largest absolute Gasteiger partial charge is 0.352 e. The molecule has 88 valence electrons. The maximum Gasteiger partial charge on any atom is 0.251 e. The van der Waals surface area contributed by atoms with E-state index in [0.717, 1.165) is 15.6 Å². The SMILES string of the molecule is Cc1c(Br)cccc1C(=O)NCC(C)(C)C. The molecule has 0 unspecified atom stereocenters. The lowest BCUT2D eigenvalue weighted by atomic mass is 9.96. The van der Waals surface area contributed by atoms with Crippen LogP contribution in [-0.4, -0.2) is 12.5 Å². The van der Waals surface area contributed by atoms with Crippen molar-refractivity contribution in [3.63, 3.8) is 0 Å². The predicted octanol–water partition coefficient (Wildman–Crippen LogP) is 3.53. The molecule has 3 heteroatoms. The van der Waals surface area contributed by atoms with Crippen molar-refractivity contribution >= 4 is 21.8 Å². The summed E-state index contributed by atoms with van der Waals surface area (Å²) in [6.45, 7) is 8.91. The van der Waals surface area contributed by atoms with Crippen molar-refractivity contribution in [3.05, 3.63) is 33.8 Å². The Hall–Kier alpha value is -0.830. The van der Waals surface area contributed by atoms with E-state index in [2.05, 4.69) is 42.0 Å². The second-order valence-corrected chi connectivity index (χ2v) is 6.01. The van der Waals surface area contributed by atoms with Crippen molar-refractivity contribution in [1.82, 2.24) is 5.32 Å². The Labute approximate surface area is 106 Å². The van der Waals surface area contributed by atoms with Crippen molar-refractivity contribution in [2.45, 2.75) is 27.7 Å². The number of hydrogen-bond acceptors (Lipinski definition) is 1. The zero-order valence-electron chi connectivity index (χ0n) is 10.2. The maximum atomic E-state index is 11.9. The molecule has 0 spiro atoms. The molecular formula is C13H18BrNO. The average Bonchev–Trinajstić information content (AvgIpc) is 2.17. The molecule has 1 aromatic carbocycles. The Kier molecular flexibility index (Phi) is 4.14. The van der Waals surface area contributed by atoms with Crippen molar-refractivity contribution in [1.29, 1.82) is 0 Å². The highest BCUT2D eigenvalue weighted by atomic mass is 79.9. The number of benzene rings is 1. The third kappa shape index (κ3) is 3.63. The molecule has 0 bridgehead atoms. The van der Waals surface area contributed by atoms with Gasteiger partial charge in [0.25, 0.3) is 5.91 Å². The minimum Gasteiger partial charge on any atom is -0.352 e. The molecule has 0 fully saturated rings. The lowest BCUT2D eigenvalue weighted by Gasteiger charge is -2.19. The average molecular weight is 284 g/mol. The van der Waals surface area contributed by atoms with Crippen molar-refractivity contribution in [2.75, 3.05) is 6.54 Å². The minimum absolute atomic E-state index is 0.00581. The summed E-state index contributed by atoms with van der Waals surface area (Å²) in [6, 6.07) is 5.66. The smallest absolute Gasteiger partial charge is 0.251 e. The first kappa shape index (κ1) is 13.2. The van der Waals surface area contributed by atoms with Crippen LogP contribution in [-0.2, 0) is 0 Å². The van der Waals surface area contributed by atoms with Gasteiger partial charge in [0.05, 0.1) is 0 Å². The van der Waals surface area contributed by atoms with Crippen LogP contribution in [0.2, 0.25) is 0 Å². The lowest BCUT2D eigenvalue weighted by molar-refractivity contribution is 0.0938. The van der Waals surface area contributed by atoms with Gasteiger partial charge in [-0.05, 0) is 30.0 Å². The van der Waals surface area contributed by atoms with Crippen molar-refractivity contribution < 1.29 is 4.79 Å². The zero-order valence-corrected chi connectivity index (χ0v) is 11.8. The summed E-state index contributed by atoms with van der Waals surface area (Å²) in [7, 11) is 0. The molecule has 0 saturated carbocycles. The molecule has 1 N–H and O–H groups in total. The zero-order chi connectivity index (χ0) is 12.3. The van der Waals surface area contributed by atoms with Gasteiger partial charge in [0.1, 0.15) is 0 Å². The highest BCUT2D eigenvalue weighted by molar-refractivity contribution is 9.10. The van der Waals surface area contributed by atoms with Crippen LogP contribution >= 0.6 is 15.9 Å². The van der Waals surface area contributed by atoms with Crippen LogP contribution in [0.5, 0.6) is 0 Å². The van der Waals surface area contributed by atoms with Gasteiger partial charge in [0.15, 0.2) is 0 Å². The summed E-state index contributed by atoms with van der Waals surface area (Å²) in [6.07, 6.45) is 0. The molecule has 0 aliphatic rings. The van der Waals surface area contributed by atoms with E-state index < -0.39 is 0 Å². The molecule has 0 saturated heterocycles. The normalized spacial score (nSPS) is 11.3. The summed E-state index contributed by atoms with van der Waals surface area (Å²) < 4.78 is 0.968. The van der Waals surface area contributed by atoms with Gasteiger partial charge in [-0.3, -0.25) is 4.79 Å². The quantitative estimate of drug-likeness (QED) is 0.884. The molecule has 0 aromatic heterocycles. The maximum absolute atomic E-state index is 11.9. The number of hydrogen-bond donors (Lipinski definition) is 1. The van der Waals surface area contributed by atoms with Gasteiger partial charge in [0.2, 0.25) is 0 Å². The minimum atomic E-state index is -0.00581. The lowest BCUT2D eigenvalue weighted by Crippen LogP contribution is -2.32. The fraction of sp³-hybridized carbons (Fsp3) is 0.462. The fourth-order valence-electron chi connectivity index (χ4n) is 1.29. The van der Waals surface area contributed by atoms with Crippen LogP contribution < -0.4 is 5.32 Å². The molecule has 0 heterocycles. The molecule has 0 atom stereocenters. The van der Waals surface area contributed by atoms with E-state index in [1.165, 1.54) is 0 Å². The van der Waals surface area contributed by atoms with Crippen LogP contribution in [0.25, 0.3) is 0 Å². The van der Waals surface area contributed by atoms with Gasteiger partial charge < -0.3 is 5.32 Å². The number of amides is 1. The first-order chi connectivity index (χ1) is 7.31. The molecule has 2 nitrogen and oxygen atoms in total. The highest BCUT2D eigenvalue weighted by Gasteiger charge is 2.14. The highest BCUT2D eigenvalue weighted by Crippen LogP contribution is 2.19. The molecular weight excluding hydrogens is 266 g/mol. The summed E-state index contributed by atoms with van der Waals surface area (Å²) in [5.41, 5.74) is 1.82. The van der Waals surface area contributed by atoms with E-state index in [1.54, 1.807) is 0 Å². The van der Waals surface area contributed by atoms with Gasteiger partial charge in [-0.25, -0.2) is 0 Å². The van der Waals surface area contributed by atoms with Gasteiger partial charge in [-0.2, -0.15) is 0 Å². The Morgan fingerprint density at radius 3 is 2.56 bits per heavy atom. The summed E-state index contributed by atoms with van der Waals surface area (Å²) in [5, 5.41) is 2.95. The Morgan fingerprint density at radius 2 is 2.00 bits per heavy atom. The van der Waals surface area contributed by atoms with Crippen molar-refractivity contribution in [3.8, 4) is 0 Å². The van der Waals surface area contributed by atoms with Crippen molar-refractivity contribution in [2.24, 2.45) is 5.41 Å². The first-order valence-electron chi connectivity index (χ1n) is 5.34. The van der Waals surface area contributed by atoms with E-state index in [9.17, 15) is 4.79 Å². The molecule has 0 radical (unpaired) electrons. The Bertz CT molecular complexity index is 393. The fourth-order valence-corrected chi connectivity index (χ4v) is 1.66. The molecule has 1 rings (SSSR count). The standard InChI is InChI=1S/C13H18BrNO/c1-9-10(6-5-7-11(9)14)12(16)15-8-13(2,3)4/h5-7H,8H2,1-4H3,(H,15,16). The van der Waals surface area contributed by atoms with Crippen LogP contribution in [0.1, 0.15) is 36.7 Å². The third-order valence-corrected chi connectivity index (χ3v) is 3.15. The second-order valence-electron chi connectivity index (χ2n) is 5.16. The number of carbonyl (C=O) groups excluding carboxylic acids is 1. The third-order valence-electron chi connectivity index (χ3n) is 2.29. The number of nitrogens with one attached hydrogen (secondary N) is 1. The van der Waals surface area contributed by atoms with E-state index in [1.807, 2.05) is 25.1 Å². The van der Waals surface area contributed by atoms with Crippen LogP contribution in [0, 0.1) is 12.3 Å². The molecule has 1 amide bonds. The molecule has 0 aliphatic heterocycles. The second kappa shape index (κ2) is 5.00. The Balaban J connectivity index is 2.78. The predicted molar refractivity (Wildman–Crippen MR) is 70.7 cm³/mol. The monoisotopic (exact) mass is 283 g/mol. The summed E-state index contributed by atoms with van der Waals surface area (Å²) >= 11 is 3.42. The van der Waals surface area contributed by atoms with Crippen LogP contribution in [0.3, 0.4) is 0 Å². The van der Waals surface area contributed by atoms with E-state index in [-0.39, 0.29) is 11.3 Å². The van der Waals surface area contributed by atoms with Crippen LogP contribution in [0.15, 0.2) is 22.7 Å². The molecule has 1 aromatic rings. The van der Waals surface area contributed by atoms with E-state index >= 15 is 0 Å². The van der Waals surface area contributed by atoms with Gasteiger partial charge in [-0.1, -0.05) is 42.8 Å². The van der Waals surface area contributed by atoms with E-state index in [0.29, 0.717) is 6.54 Å². The number of rotatable bonds is 2. The van der Waals surface area contributed by atoms with Crippen LogP contribution in [0.4, 0.5) is 0 Å². The molecule has 0 aliphatic carbocycles. The molecule has 16 heavy (non-hydrogen) atoms. The van der Waals surface area contributed by atoms with Gasteiger partial charge >= 0.3 is 0 Å². The summed E-state index contributed by atoms with van der Waals surface area (Å²) in [4.78, 5) is 11.9. The number of halogens is 1. The van der Waals surface area contributed by atoms with E-state index in [4.69, 9.17) is 0 Å². The van der Waals surface area contributed by atoms with Gasteiger partial charge in [-0.15, -0.1) is 0 Å². The Morgan fingerprint density at radius 1 is 1.38 bits per heavy atom. The first-order valence-corrected chi connectivity index (χ1v) is 6.14.